The second-order valence-electron chi connectivity index (χ2n) is 8.39. The molecule has 152 valence electrons. The number of benzene rings is 2. The molecule has 2 aromatic carbocycles. The van der Waals surface area contributed by atoms with E-state index >= 15 is 0 Å². The fraction of sp³-hybridized carbons (Fsp3) is 0.417. The van der Waals surface area contributed by atoms with Gasteiger partial charge in [-0.25, -0.2) is 0 Å². The number of hydrogen-bond donors (Lipinski definition) is 1. The second-order valence-corrected chi connectivity index (χ2v) is 8.39. The van der Waals surface area contributed by atoms with E-state index in [0.29, 0.717) is 25.8 Å². The molecule has 1 aliphatic carbocycles. The van der Waals surface area contributed by atoms with Crippen molar-refractivity contribution in [1.29, 1.82) is 0 Å². The predicted molar refractivity (Wildman–Crippen MR) is 114 cm³/mol. The van der Waals surface area contributed by atoms with Gasteiger partial charge in [-0.15, -0.1) is 0 Å². The molecule has 1 atom stereocenters. The van der Waals surface area contributed by atoms with Gasteiger partial charge in [-0.05, 0) is 36.6 Å². The first kappa shape index (κ1) is 19.6. The van der Waals surface area contributed by atoms with E-state index in [1.54, 1.807) is 11.9 Å². The van der Waals surface area contributed by atoms with Crippen LogP contribution in [0.1, 0.15) is 23.1 Å². The van der Waals surface area contributed by atoms with E-state index in [0.717, 1.165) is 13.0 Å². The van der Waals surface area contributed by atoms with Crippen molar-refractivity contribution in [3.63, 3.8) is 0 Å². The summed E-state index contributed by atoms with van der Waals surface area (Å²) >= 11 is 0. The van der Waals surface area contributed by atoms with Gasteiger partial charge in [0, 0.05) is 33.0 Å². The average Bonchev–Trinajstić information content (AvgIpc) is 3.29. The van der Waals surface area contributed by atoms with Crippen molar-refractivity contribution < 1.29 is 9.59 Å². The van der Waals surface area contributed by atoms with Crippen LogP contribution >= 0.6 is 0 Å². The first-order valence-corrected chi connectivity index (χ1v) is 10.4. The molecule has 1 aliphatic heterocycles. The summed E-state index contributed by atoms with van der Waals surface area (Å²) in [5.41, 5.74) is 3.06. The van der Waals surface area contributed by atoms with Gasteiger partial charge in [0.25, 0.3) is 0 Å². The Hall–Kier alpha value is -2.66. The minimum Gasteiger partial charge on any atom is -0.344 e. The number of hydrogen-bond acceptors (Lipinski definition) is 3. The molecular weight excluding hydrogens is 362 g/mol. The number of likely N-dealkylation sites (N-methyl/N-ethyl adjacent to an activating group) is 2. The van der Waals surface area contributed by atoms with Gasteiger partial charge in [0.15, 0.2) is 0 Å². The summed E-state index contributed by atoms with van der Waals surface area (Å²) in [6.07, 6.45) is 2.92. The van der Waals surface area contributed by atoms with Crippen molar-refractivity contribution in [1.82, 2.24) is 15.1 Å². The van der Waals surface area contributed by atoms with Gasteiger partial charge in [0.05, 0.1) is 0 Å². The fourth-order valence-corrected chi connectivity index (χ4v) is 4.60. The molecule has 0 saturated carbocycles. The Balaban J connectivity index is 1.55. The molecular formula is C24H29N3O2. The van der Waals surface area contributed by atoms with Crippen molar-refractivity contribution in [3.05, 3.63) is 71.3 Å². The molecule has 2 aromatic rings. The first-order chi connectivity index (χ1) is 14.0. The van der Waals surface area contributed by atoms with E-state index in [9.17, 15) is 9.59 Å². The zero-order chi connectivity index (χ0) is 20.4. The van der Waals surface area contributed by atoms with Crippen molar-refractivity contribution >= 4 is 11.8 Å². The van der Waals surface area contributed by atoms with Gasteiger partial charge in [0.2, 0.25) is 11.8 Å². The Labute approximate surface area is 172 Å². The zero-order valence-corrected chi connectivity index (χ0v) is 17.2. The first-order valence-electron chi connectivity index (χ1n) is 10.4. The largest absolute Gasteiger partial charge is 0.344 e. The third-order valence-corrected chi connectivity index (χ3v) is 6.55. The lowest BCUT2D eigenvalue weighted by Crippen LogP contribution is -2.61. The second kappa shape index (κ2) is 7.99. The lowest BCUT2D eigenvalue weighted by atomic mass is 9.91. The summed E-state index contributed by atoms with van der Waals surface area (Å²) in [7, 11) is 3.83. The number of amides is 2. The number of rotatable bonds is 6. The molecule has 2 amide bonds. The van der Waals surface area contributed by atoms with Gasteiger partial charge < -0.3 is 10.2 Å². The number of carbonyl (C=O) groups is 2. The van der Waals surface area contributed by atoms with Crippen molar-refractivity contribution in [3.8, 4) is 0 Å². The van der Waals surface area contributed by atoms with Crippen molar-refractivity contribution in [2.45, 2.75) is 37.3 Å². The third-order valence-electron chi connectivity index (χ3n) is 6.55. The smallest absolute Gasteiger partial charge is 0.244 e. The van der Waals surface area contributed by atoms with Gasteiger partial charge in [-0.2, -0.15) is 0 Å². The topological polar surface area (TPSA) is 52.7 Å². The number of likely N-dealkylation sites (tertiary alicyclic amines) is 1. The molecule has 0 aromatic heterocycles. The number of carbonyl (C=O) groups excluding carboxylic acids is 2. The van der Waals surface area contributed by atoms with E-state index in [1.165, 1.54) is 16.7 Å². The summed E-state index contributed by atoms with van der Waals surface area (Å²) in [6, 6.07) is 18.2. The molecule has 0 spiro atoms. The van der Waals surface area contributed by atoms with E-state index in [1.807, 2.05) is 37.4 Å². The number of nitrogens with one attached hydrogen (secondary N) is 1. The Morgan fingerprint density at radius 1 is 1.10 bits per heavy atom. The highest BCUT2D eigenvalue weighted by atomic mass is 16.2. The van der Waals surface area contributed by atoms with Crippen LogP contribution in [0.15, 0.2) is 54.6 Å². The number of fused-ring (bicyclic) bond motifs is 1. The highest BCUT2D eigenvalue weighted by molar-refractivity contribution is 5.94. The maximum absolute atomic E-state index is 13.6. The Bertz CT molecular complexity index is 871. The predicted octanol–water partition coefficient (Wildman–Crippen LogP) is 2.05. The van der Waals surface area contributed by atoms with Crippen LogP contribution in [0.2, 0.25) is 0 Å². The Morgan fingerprint density at radius 3 is 2.31 bits per heavy atom. The highest BCUT2D eigenvalue weighted by Gasteiger charge is 2.48. The zero-order valence-electron chi connectivity index (χ0n) is 17.2. The molecule has 1 saturated heterocycles. The van der Waals surface area contributed by atoms with Crippen LogP contribution in [0.25, 0.3) is 0 Å². The van der Waals surface area contributed by atoms with Gasteiger partial charge in [0.1, 0.15) is 11.6 Å². The van der Waals surface area contributed by atoms with E-state index < -0.39 is 11.6 Å². The van der Waals surface area contributed by atoms with E-state index in [4.69, 9.17) is 0 Å². The van der Waals surface area contributed by atoms with Crippen LogP contribution < -0.4 is 5.32 Å². The molecule has 2 aliphatic rings. The van der Waals surface area contributed by atoms with Gasteiger partial charge >= 0.3 is 0 Å². The Morgan fingerprint density at radius 2 is 1.72 bits per heavy atom. The Kier molecular flexibility index (Phi) is 5.41. The summed E-state index contributed by atoms with van der Waals surface area (Å²) in [4.78, 5) is 29.8. The van der Waals surface area contributed by atoms with Crippen molar-refractivity contribution in [2.24, 2.45) is 0 Å². The lowest BCUT2D eigenvalue weighted by molar-refractivity contribution is -0.137. The van der Waals surface area contributed by atoms with Crippen molar-refractivity contribution in [2.75, 3.05) is 27.2 Å². The highest BCUT2D eigenvalue weighted by Crippen LogP contribution is 2.35. The quantitative estimate of drug-likeness (QED) is 0.820. The average molecular weight is 392 g/mol. The van der Waals surface area contributed by atoms with E-state index in [2.05, 4.69) is 34.5 Å². The van der Waals surface area contributed by atoms with Crippen LogP contribution in [-0.2, 0) is 28.9 Å². The maximum atomic E-state index is 13.6. The number of nitrogens with zero attached hydrogens (tertiary/aromatic N) is 2. The lowest BCUT2D eigenvalue weighted by Gasteiger charge is -2.38. The maximum Gasteiger partial charge on any atom is 0.244 e. The van der Waals surface area contributed by atoms with Crippen LogP contribution in [-0.4, -0.2) is 60.4 Å². The summed E-state index contributed by atoms with van der Waals surface area (Å²) in [5.74, 6) is -0.0196. The molecule has 1 heterocycles. The van der Waals surface area contributed by atoms with Gasteiger partial charge in [-0.3, -0.25) is 14.5 Å². The minimum absolute atomic E-state index is 0.0101. The molecule has 4 rings (SSSR count). The minimum atomic E-state index is -0.653. The third kappa shape index (κ3) is 3.79. The van der Waals surface area contributed by atoms with E-state index in [-0.39, 0.29) is 11.8 Å². The van der Waals surface area contributed by atoms with Gasteiger partial charge in [-0.1, -0.05) is 54.6 Å². The molecule has 5 nitrogen and oxygen atoms in total. The summed E-state index contributed by atoms with van der Waals surface area (Å²) in [6.45, 7) is 1.48. The SMILES string of the molecule is CN1CCC(NC(=O)C2(N(C)CCc3ccccc3)Cc3ccccc3C2)C1=O. The van der Waals surface area contributed by atoms with Crippen LogP contribution in [0.4, 0.5) is 0 Å². The molecule has 1 unspecified atom stereocenters. The molecule has 1 N–H and O–H groups in total. The van der Waals surface area contributed by atoms with Crippen LogP contribution in [0, 0.1) is 0 Å². The monoisotopic (exact) mass is 391 g/mol. The summed E-state index contributed by atoms with van der Waals surface area (Å²) < 4.78 is 0. The molecule has 5 heteroatoms. The normalized spacial score (nSPS) is 20.2. The van der Waals surface area contributed by atoms with Crippen LogP contribution in [0.5, 0.6) is 0 Å². The molecule has 0 radical (unpaired) electrons. The summed E-state index contributed by atoms with van der Waals surface area (Å²) in [5, 5.41) is 3.08. The molecule has 1 fully saturated rings. The molecule has 0 bridgehead atoms. The molecule has 29 heavy (non-hydrogen) atoms. The fourth-order valence-electron chi connectivity index (χ4n) is 4.60. The standard InChI is InChI=1S/C24H29N3O2/c1-26-14-13-21(22(26)28)25-23(29)24(16-19-10-6-7-11-20(19)17-24)27(2)15-12-18-8-4-3-5-9-18/h3-11,21H,12-17H2,1-2H3,(H,25,29). The van der Waals surface area contributed by atoms with Crippen LogP contribution in [0.3, 0.4) is 0 Å².